The Labute approximate surface area is 141 Å². The number of hydrogen-bond acceptors (Lipinski definition) is 5. The molecule has 1 aliphatic heterocycles. The van der Waals surface area contributed by atoms with E-state index in [9.17, 15) is 9.59 Å². The largest absolute Gasteiger partial charge is 0.348 e. The van der Waals surface area contributed by atoms with Gasteiger partial charge in [-0.25, -0.2) is 5.48 Å². The van der Waals surface area contributed by atoms with Crippen LogP contribution in [0, 0.1) is 0 Å². The van der Waals surface area contributed by atoms with Crippen molar-refractivity contribution in [3.05, 3.63) is 46.2 Å². The zero-order valence-corrected chi connectivity index (χ0v) is 14.0. The Bertz CT molecular complexity index is 751. The summed E-state index contributed by atoms with van der Waals surface area (Å²) in [6, 6.07) is 9.70. The fraction of sp³-hybridized carbons (Fsp3) is 0.250. The standard InChI is InChI=1S/C16H16N2O3S2/c1-9(11-6-7-13(22-11)16(20)18-21)17-15(19)14-8-10-4-2-3-5-12(10)23-14/h2-5,7-9,11,21H,6H2,1H3,(H,17,19)(H,18,20)/t9-,11?/m0/s1. The molecule has 3 rings (SSSR count). The Kier molecular flexibility index (Phi) is 4.70. The predicted octanol–water partition coefficient (Wildman–Crippen LogP) is 2.91. The first-order valence-corrected chi connectivity index (χ1v) is 8.89. The van der Waals surface area contributed by atoms with Crippen molar-refractivity contribution in [1.82, 2.24) is 10.8 Å². The van der Waals surface area contributed by atoms with Crippen molar-refractivity contribution in [3.63, 3.8) is 0 Å². The van der Waals surface area contributed by atoms with E-state index in [1.54, 1.807) is 11.6 Å². The van der Waals surface area contributed by atoms with Crippen LogP contribution < -0.4 is 10.8 Å². The molecule has 0 spiro atoms. The monoisotopic (exact) mass is 348 g/mol. The maximum Gasteiger partial charge on any atom is 0.280 e. The summed E-state index contributed by atoms with van der Waals surface area (Å²) >= 11 is 2.84. The number of carbonyl (C=O) groups excluding carboxylic acids is 2. The van der Waals surface area contributed by atoms with Gasteiger partial charge in [0.15, 0.2) is 0 Å². The lowest BCUT2D eigenvalue weighted by Crippen LogP contribution is -2.38. The summed E-state index contributed by atoms with van der Waals surface area (Å²) in [5.41, 5.74) is 1.63. The second kappa shape index (κ2) is 6.74. The van der Waals surface area contributed by atoms with E-state index in [2.05, 4.69) is 5.32 Å². The fourth-order valence-electron chi connectivity index (χ4n) is 2.45. The number of nitrogens with one attached hydrogen (secondary N) is 2. The number of hydrogen-bond donors (Lipinski definition) is 3. The molecule has 0 aliphatic carbocycles. The first-order chi connectivity index (χ1) is 11.1. The van der Waals surface area contributed by atoms with E-state index in [4.69, 9.17) is 5.21 Å². The summed E-state index contributed by atoms with van der Waals surface area (Å²) in [7, 11) is 0. The van der Waals surface area contributed by atoms with Gasteiger partial charge in [0.05, 0.1) is 9.78 Å². The zero-order valence-electron chi connectivity index (χ0n) is 12.4. The van der Waals surface area contributed by atoms with Crippen molar-refractivity contribution in [2.45, 2.75) is 24.6 Å². The van der Waals surface area contributed by atoms with Crippen molar-refractivity contribution in [1.29, 1.82) is 0 Å². The van der Waals surface area contributed by atoms with Crippen LogP contribution in [0.3, 0.4) is 0 Å². The van der Waals surface area contributed by atoms with Gasteiger partial charge in [-0.1, -0.05) is 24.3 Å². The minimum atomic E-state index is -0.500. The maximum absolute atomic E-state index is 12.4. The number of thioether (sulfide) groups is 1. The molecule has 120 valence electrons. The predicted molar refractivity (Wildman–Crippen MR) is 92.8 cm³/mol. The van der Waals surface area contributed by atoms with Crippen LogP contribution in [-0.2, 0) is 4.79 Å². The summed E-state index contributed by atoms with van der Waals surface area (Å²) in [6.07, 6.45) is 2.46. The molecule has 1 aromatic heterocycles. The van der Waals surface area contributed by atoms with Gasteiger partial charge in [0, 0.05) is 16.0 Å². The molecule has 1 unspecified atom stereocenters. The van der Waals surface area contributed by atoms with Gasteiger partial charge in [0.1, 0.15) is 0 Å². The lowest BCUT2D eigenvalue weighted by molar-refractivity contribution is -0.124. The lowest BCUT2D eigenvalue weighted by Gasteiger charge is -2.19. The molecule has 2 atom stereocenters. The summed E-state index contributed by atoms with van der Waals surface area (Å²) in [5, 5.41) is 12.8. The number of carbonyl (C=O) groups is 2. The normalized spacial score (nSPS) is 18.5. The smallest absolute Gasteiger partial charge is 0.280 e. The summed E-state index contributed by atoms with van der Waals surface area (Å²) in [5.74, 6) is -0.597. The van der Waals surface area contributed by atoms with Gasteiger partial charge in [0.2, 0.25) is 0 Å². The van der Waals surface area contributed by atoms with E-state index < -0.39 is 5.91 Å². The van der Waals surface area contributed by atoms with Gasteiger partial charge < -0.3 is 5.32 Å². The number of hydroxylamine groups is 1. The molecule has 7 heteroatoms. The zero-order chi connectivity index (χ0) is 16.4. The van der Waals surface area contributed by atoms with Crippen LogP contribution >= 0.6 is 23.1 Å². The Morgan fingerprint density at radius 3 is 2.83 bits per heavy atom. The summed E-state index contributed by atoms with van der Waals surface area (Å²) in [4.78, 5) is 25.0. The molecule has 0 fully saturated rings. The maximum atomic E-state index is 12.4. The summed E-state index contributed by atoms with van der Waals surface area (Å²) in [6.45, 7) is 1.93. The minimum Gasteiger partial charge on any atom is -0.348 e. The Morgan fingerprint density at radius 1 is 1.30 bits per heavy atom. The van der Waals surface area contributed by atoms with Crippen LogP contribution in [0.5, 0.6) is 0 Å². The van der Waals surface area contributed by atoms with E-state index in [0.717, 1.165) is 10.1 Å². The third-order valence-corrected chi connectivity index (χ3v) is 6.33. The topological polar surface area (TPSA) is 78.4 Å². The molecule has 5 nitrogen and oxygen atoms in total. The van der Waals surface area contributed by atoms with Gasteiger partial charge in [-0.3, -0.25) is 14.8 Å². The molecule has 1 aromatic carbocycles. The average Bonchev–Trinajstić information content (AvgIpc) is 3.20. The Morgan fingerprint density at radius 2 is 2.09 bits per heavy atom. The average molecular weight is 348 g/mol. The molecule has 3 N–H and O–H groups in total. The molecule has 0 saturated heterocycles. The third kappa shape index (κ3) is 3.41. The number of fused-ring (bicyclic) bond motifs is 1. The number of benzene rings is 1. The van der Waals surface area contributed by atoms with Crippen LogP contribution in [0.4, 0.5) is 0 Å². The molecule has 2 amide bonds. The molecule has 0 radical (unpaired) electrons. The quantitative estimate of drug-likeness (QED) is 0.586. The number of thiophene rings is 1. The minimum absolute atomic E-state index is 0.0839. The summed E-state index contributed by atoms with van der Waals surface area (Å²) < 4.78 is 1.09. The third-order valence-electron chi connectivity index (χ3n) is 3.70. The Balaban J connectivity index is 1.63. The van der Waals surface area contributed by atoms with Gasteiger partial charge in [0.25, 0.3) is 11.8 Å². The van der Waals surface area contributed by atoms with Gasteiger partial charge >= 0.3 is 0 Å². The number of rotatable bonds is 4. The highest BCUT2D eigenvalue weighted by Crippen LogP contribution is 2.34. The molecule has 2 heterocycles. The highest BCUT2D eigenvalue weighted by atomic mass is 32.2. The van der Waals surface area contributed by atoms with Crippen molar-refractivity contribution in [3.8, 4) is 0 Å². The first-order valence-electron chi connectivity index (χ1n) is 7.19. The molecule has 0 saturated carbocycles. The van der Waals surface area contributed by atoms with Crippen LogP contribution in [0.15, 0.2) is 41.3 Å². The van der Waals surface area contributed by atoms with Gasteiger partial charge in [-0.2, -0.15) is 0 Å². The Hall–Kier alpha value is -1.83. The van der Waals surface area contributed by atoms with Gasteiger partial charge in [-0.05, 0) is 30.9 Å². The van der Waals surface area contributed by atoms with Crippen molar-refractivity contribution in [2.24, 2.45) is 0 Å². The van der Waals surface area contributed by atoms with Crippen LogP contribution in [0.1, 0.15) is 23.0 Å². The van der Waals surface area contributed by atoms with Gasteiger partial charge in [-0.15, -0.1) is 23.1 Å². The van der Waals surface area contributed by atoms with Crippen LogP contribution in [-0.4, -0.2) is 28.3 Å². The van der Waals surface area contributed by atoms with E-state index in [-0.39, 0.29) is 17.2 Å². The number of allylic oxidation sites excluding steroid dienone is 1. The lowest BCUT2D eigenvalue weighted by atomic mass is 10.1. The highest BCUT2D eigenvalue weighted by molar-refractivity contribution is 8.04. The second-order valence-corrected chi connectivity index (χ2v) is 7.68. The van der Waals surface area contributed by atoms with E-state index >= 15 is 0 Å². The van der Waals surface area contributed by atoms with Crippen molar-refractivity contribution < 1.29 is 14.8 Å². The van der Waals surface area contributed by atoms with Crippen LogP contribution in [0.2, 0.25) is 0 Å². The SMILES string of the molecule is C[C@H](NC(=O)c1cc2ccccc2s1)C1CC=C(C(=O)NO)S1. The second-order valence-electron chi connectivity index (χ2n) is 5.31. The molecular formula is C16H16N2O3S2. The first kappa shape index (κ1) is 16.0. The van der Waals surface area contributed by atoms with Crippen molar-refractivity contribution in [2.75, 3.05) is 0 Å². The molecule has 1 aliphatic rings. The van der Waals surface area contributed by atoms with Crippen molar-refractivity contribution >= 4 is 45.0 Å². The van der Waals surface area contributed by atoms with E-state index in [0.29, 0.717) is 16.2 Å². The molecule has 2 aromatic rings. The molecule has 0 bridgehead atoms. The molecular weight excluding hydrogens is 332 g/mol. The fourth-order valence-corrected chi connectivity index (χ4v) is 4.56. The van der Waals surface area contributed by atoms with E-state index in [1.165, 1.54) is 23.1 Å². The highest BCUT2D eigenvalue weighted by Gasteiger charge is 2.28. The van der Waals surface area contributed by atoms with Crippen LogP contribution in [0.25, 0.3) is 10.1 Å². The van der Waals surface area contributed by atoms with E-state index in [1.807, 2.05) is 37.3 Å². The number of amides is 2. The molecule has 23 heavy (non-hydrogen) atoms.